The van der Waals surface area contributed by atoms with Crippen molar-refractivity contribution in [1.82, 2.24) is 10.6 Å². The van der Waals surface area contributed by atoms with Gasteiger partial charge in [-0.3, -0.25) is 0 Å². The van der Waals surface area contributed by atoms with E-state index in [4.69, 9.17) is 11.6 Å². The third-order valence-electron chi connectivity index (χ3n) is 3.18. The first kappa shape index (κ1) is 16.1. The van der Waals surface area contributed by atoms with E-state index in [0.717, 1.165) is 22.6 Å². The molecule has 114 valence electrons. The summed E-state index contributed by atoms with van der Waals surface area (Å²) in [5.41, 5.74) is 3.40. The Kier molecular flexibility index (Phi) is 6.04. The highest BCUT2D eigenvalue weighted by Gasteiger charge is 1.97. The van der Waals surface area contributed by atoms with Crippen LogP contribution in [-0.4, -0.2) is 12.6 Å². The highest BCUT2D eigenvalue weighted by Crippen LogP contribution is 2.09. The zero-order valence-electron chi connectivity index (χ0n) is 12.5. The quantitative estimate of drug-likeness (QED) is 0.854. The van der Waals surface area contributed by atoms with Gasteiger partial charge in [0.05, 0.1) is 0 Å². The zero-order valence-corrected chi connectivity index (χ0v) is 13.2. The molecule has 0 saturated carbocycles. The molecule has 0 fully saturated rings. The fourth-order valence-corrected chi connectivity index (χ4v) is 2.04. The molecule has 3 nitrogen and oxygen atoms in total. The summed E-state index contributed by atoms with van der Waals surface area (Å²) in [5.74, 6) is 0. The maximum atomic E-state index is 11.6. The standard InChI is InChI=1S/C18H19ClN2O/c1-14-2-4-15(5-3-14)10-12-20-18(22)21-13-11-16-6-8-17(19)9-7-16/h2-10,12H,11,13H2,1H3,(H2,20,21,22)/b12-10+. The molecule has 2 aromatic carbocycles. The minimum absolute atomic E-state index is 0.211. The van der Waals surface area contributed by atoms with Crippen LogP contribution in [0.1, 0.15) is 16.7 Å². The number of benzene rings is 2. The lowest BCUT2D eigenvalue weighted by Gasteiger charge is -2.05. The minimum Gasteiger partial charge on any atom is -0.338 e. The fraction of sp³-hybridized carbons (Fsp3) is 0.167. The molecule has 0 aliphatic heterocycles. The van der Waals surface area contributed by atoms with Crippen LogP contribution in [0.15, 0.2) is 54.7 Å². The van der Waals surface area contributed by atoms with Crippen molar-refractivity contribution in [3.05, 3.63) is 76.4 Å². The lowest BCUT2D eigenvalue weighted by molar-refractivity contribution is 0.244. The number of urea groups is 1. The smallest absolute Gasteiger partial charge is 0.318 e. The second-order valence-electron chi connectivity index (χ2n) is 5.02. The molecule has 0 aliphatic carbocycles. The van der Waals surface area contributed by atoms with Gasteiger partial charge in [-0.2, -0.15) is 0 Å². The van der Waals surface area contributed by atoms with Gasteiger partial charge in [0.25, 0.3) is 0 Å². The van der Waals surface area contributed by atoms with E-state index >= 15 is 0 Å². The molecule has 22 heavy (non-hydrogen) atoms. The molecule has 2 N–H and O–H groups in total. The predicted molar refractivity (Wildman–Crippen MR) is 91.9 cm³/mol. The fourth-order valence-electron chi connectivity index (χ4n) is 1.91. The second-order valence-corrected chi connectivity index (χ2v) is 5.46. The number of carbonyl (C=O) groups excluding carboxylic acids is 1. The first-order valence-electron chi connectivity index (χ1n) is 7.15. The predicted octanol–water partition coefficient (Wildman–Crippen LogP) is 4.16. The molecule has 0 saturated heterocycles. The van der Waals surface area contributed by atoms with E-state index in [0.29, 0.717) is 6.54 Å². The third-order valence-corrected chi connectivity index (χ3v) is 3.43. The van der Waals surface area contributed by atoms with Gasteiger partial charge in [0.1, 0.15) is 0 Å². The highest BCUT2D eigenvalue weighted by molar-refractivity contribution is 6.30. The van der Waals surface area contributed by atoms with Gasteiger partial charge in [-0.05, 0) is 42.7 Å². The van der Waals surface area contributed by atoms with Crippen molar-refractivity contribution in [2.45, 2.75) is 13.3 Å². The van der Waals surface area contributed by atoms with Gasteiger partial charge >= 0.3 is 6.03 Å². The summed E-state index contributed by atoms with van der Waals surface area (Å²) in [4.78, 5) is 11.6. The van der Waals surface area contributed by atoms with Crippen LogP contribution in [0.25, 0.3) is 6.08 Å². The third kappa shape index (κ3) is 5.62. The molecule has 2 amide bonds. The lowest BCUT2D eigenvalue weighted by atomic mass is 10.1. The van der Waals surface area contributed by atoms with E-state index in [2.05, 4.69) is 10.6 Å². The number of amides is 2. The first-order valence-corrected chi connectivity index (χ1v) is 7.53. The van der Waals surface area contributed by atoms with Crippen molar-refractivity contribution >= 4 is 23.7 Å². The first-order chi connectivity index (χ1) is 10.6. The maximum absolute atomic E-state index is 11.6. The van der Waals surface area contributed by atoms with Crippen LogP contribution in [0.3, 0.4) is 0 Å². The lowest BCUT2D eigenvalue weighted by Crippen LogP contribution is -2.33. The van der Waals surface area contributed by atoms with E-state index < -0.39 is 0 Å². The van der Waals surface area contributed by atoms with Crippen molar-refractivity contribution in [3.63, 3.8) is 0 Å². The summed E-state index contributed by atoms with van der Waals surface area (Å²) in [6.07, 6.45) is 4.27. The van der Waals surface area contributed by atoms with Crippen LogP contribution in [0.5, 0.6) is 0 Å². The van der Waals surface area contributed by atoms with Crippen molar-refractivity contribution < 1.29 is 4.79 Å². The number of carbonyl (C=O) groups is 1. The Morgan fingerprint density at radius 1 is 1.09 bits per heavy atom. The second kappa shape index (κ2) is 8.25. The molecule has 0 unspecified atom stereocenters. The van der Waals surface area contributed by atoms with Crippen LogP contribution in [0.2, 0.25) is 5.02 Å². The molecule has 0 radical (unpaired) electrons. The van der Waals surface area contributed by atoms with Gasteiger partial charge in [-0.15, -0.1) is 0 Å². The molecule has 2 rings (SSSR count). The topological polar surface area (TPSA) is 41.1 Å². The minimum atomic E-state index is -0.211. The number of halogens is 1. The Labute approximate surface area is 136 Å². The molecular weight excluding hydrogens is 296 g/mol. The Morgan fingerprint density at radius 2 is 1.77 bits per heavy atom. The Hall–Kier alpha value is -2.26. The maximum Gasteiger partial charge on any atom is 0.318 e. The zero-order chi connectivity index (χ0) is 15.8. The summed E-state index contributed by atoms with van der Waals surface area (Å²) in [6, 6.07) is 15.5. The summed E-state index contributed by atoms with van der Waals surface area (Å²) in [7, 11) is 0. The largest absolute Gasteiger partial charge is 0.338 e. The Morgan fingerprint density at radius 3 is 2.45 bits per heavy atom. The van der Waals surface area contributed by atoms with E-state index in [1.54, 1.807) is 6.20 Å². The number of rotatable bonds is 5. The van der Waals surface area contributed by atoms with Crippen LogP contribution in [-0.2, 0) is 6.42 Å². The van der Waals surface area contributed by atoms with E-state index in [-0.39, 0.29) is 6.03 Å². The van der Waals surface area contributed by atoms with Crippen LogP contribution >= 0.6 is 11.6 Å². The Balaban J connectivity index is 1.69. The van der Waals surface area contributed by atoms with Crippen molar-refractivity contribution in [2.75, 3.05) is 6.54 Å². The molecule has 0 heterocycles. The molecular formula is C18H19ClN2O. The van der Waals surface area contributed by atoms with E-state index in [1.165, 1.54) is 5.56 Å². The monoisotopic (exact) mass is 314 g/mol. The molecule has 4 heteroatoms. The average molecular weight is 315 g/mol. The summed E-state index contributed by atoms with van der Waals surface area (Å²) < 4.78 is 0. The van der Waals surface area contributed by atoms with Gasteiger partial charge in [-0.1, -0.05) is 53.6 Å². The van der Waals surface area contributed by atoms with Crippen LogP contribution < -0.4 is 10.6 Å². The molecule has 0 aliphatic rings. The molecule has 0 bridgehead atoms. The summed E-state index contributed by atoms with van der Waals surface area (Å²) in [5, 5.41) is 6.21. The molecule has 2 aromatic rings. The number of nitrogens with one attached hydrogen (secondary N) is 2. The normalized spacial score (nSPS) is 10.6. The van der Waals surface area contributed by atoms with Crippen molar-refractivity contribution in [2.24, 2.45) is 0 Å². The van der Waals surface area contributed by atoms with Gasteiger partial charge in [0.2, 0.25) is 0 Å². The summed E-state index contributed by atoms with van der Waals surface area (Å²) in [6.45, 7) is 2.62. The van der Waals surface area contributed by atoms with Crippen molar-refractivity contribution in [1.29, 1.82) is 0 Å². The van der Waals surface area contributed by atoms with E-state index in [9.17, 15) is 4.79 Å². The number of hydrogen-bond donors (Lipinski definition) is 2. The molecule has 0 aromatic heterocycles. The van der Waals surface area contributed by atoms with Gasteiger partial charge in [-0.25, -0.2) is 4.79 Å². The SMILES string of the molecule is Cc1ccc(/C=C/NC(=O)NCCc2ccc(Cl)cc2)cc1. The van der Waals surface area contributed by atoms with Crippen LogP contribution in [0.4, 0.5) is 4.79 Å². The molecule has 0 atom stereocenters. The summed E-state index contributed by atoms with van der Waals surface area (Å²) >= 11 is 5.83. The van der Waals surface area contributed by atoms with E-state index in [1.807, 2.05) is 61.5 Å². The van der Waals surface area contributed by atoms with Gasteiger partial charge in [0, 0.05) is 17.8 Å². The Bertz CT molecular complexity index is 633. The van der Waals surface area contributed by atoms with Gasteiger partial charge < -0.3 is 10.6 Å². The number of hydrogen-bond acceptors (Lipinski definition) is 1. The number of aryl methyl sites for hydroxylation is 1. The van der Waals surface area contributed by atoms with Crippen LogP contribution in [0, 0.1) is 6.92 Å². The van der Waals surface area contributed by atoms with Gasteiger partial charge in [0.15, 0.2) is 0 Å². The molecule has 0 spiro atoms. The average Bonchev–Trinajstić information content (AvgIpc) is 2.51. The highest BCUT2D eigenvalue weighted by atomic mass is 35.5. The van der Waals surface area contributed by atoms with Crippen molar-refractivity contribution in [3.8, 4) is 0 Å².